The summed E-state index contributed by atoms with van der Waals surface area (Å²) in [6, 6.07) is 3.17. The van der Waals surface area contributed by atoms with E-state index in [1.807, 2.05) is 13.0 Å². The maximum Gasteiger partial charge on any atom is 0.259 e. The zero-order chi connectivity index (χ0) is 24.7. The zero-order valence-electron chi connectivity index (χ0n) is 19.4. The molecule has 2 unspecified atom stereocenters. The minimum atomic E-state index is -0.429. The van der Waals surface area contributed by atoms with Crippen LogP contribution in [0.25, 0.3) is 16.6 Å². The van der Waals surface area contributed by atoms with Gasteiger partial charge in [0.2, 0.25) is 5.91 Å². The fraction of sp³-hybridized carbons (Fsp3) is 0.348. The SMILES string of the molecule is CC(=O)NC1CCCN(c2c(C(C)NC(=O)c3c(N)nn4cccnc34)cc(Cl)c3cn[nH]c23)C1. The molecule has 1 aromatic carbocycles. The first-order valence-corrected chi connectivity index (χ1v) is 11.8. The van der Waals surface area contributed by atoms with Crippen LogP contribution < -0.4 is 21.3 Å². The molecule has 1 aliphatic rings. The number of benzene rings is 1. The molecule has 4 aromatic rings. The fourth-order valence-electron chi connectivity index (χ4n) is 4.80. The van der Waals surface area contributed by atoms with Crippen LogP contribution in [-0.4, -0.2) is 55.7 Å². The number of nitrogen functional groups attached to an aromatic ring is 1. The van der Waals surface area contributed by atoms with Gasteiger partial charge in [-0.25, -0.2) is 9.50 Å². The monoisotopic (exact) mass is 495 g/mol. The number of fused-ring (bicyclic) bond motifs is 2. The number of hydrogen-bond acceptors (Lipinski definition) is 7. The second-order valence-electron chi connectivity index (χ2n) is 8.78. The number of halogens is 1. The molecule has 1 saturated heterocycles. The van der Waals surface area contributed by atoms with Crippen molar-refractivity contribution in [2.75, 3.05) is 23.7 Å². The predicted molar refractivity (Wildman–Crippen MR) is 133 cm³/mol. The number of H-pyrrole nitrogens is 1. The van der Waals surface area contributed by atoms with Crippen molar-refractivity contribution in [3.63, 3.8) is 0 Å². The van der Waals surface area contributed by atoms with Crippen molar-refractivity contribution < 1.29 is 9.59 Å². The molecular weight excluding hydrogens is 470 g/mol. The summed E-state index contributed by atoms with van der Waals surface area (Å²) in [5.74, 6) is -0.338. The van der Waals surface area contributed by atoms with Gasteiger partial charge in [0.15, 0.2) is 11.5 Å². The van der Waals surface area contributed by atoms with Crippen LogP contribution in [0.3, 0.4) is 0 Å². The van der Waals surface area contributed by atoms with Gasteiger partial charge < -0.3 is 21.3 Å². The number of hydrogen-bond donors (Lipinski definition) is 4. The Kier molecular flexibility index (Phi) is 5.93. The number of rotatable bonds is 5. The maximum absolute atomic E-state index is 13.3. The number of nitrogens with two attached hydrogens (primary N) is 1. The molecule has 1 aliphatic heterocycles. The van der Waals surface area contributed by atoms with Gasteiger partial charge in [0.25, 0.3) is 5.91 Å². The van der Waals surface area contributed by atoms with Crippen LogP contribution in [0.5, 0.6) is 0 Å². The Labute approximate surface area is 206 Å². The molecule has 4 heterocycles. The van der Waals surface area contributed by atoms with E-state index in [1.165, 1.54) is 11.4 Å². The van der Waals surface area contributed by atoms with Crippen LogP contribution in [0.1, 0.15) is 48.7 Å². The maximum atomic E-state index is 13.3. The van der Waals surface area contributed by atoms with Gasteiger partial charge in [0.05, 0.1) is 28.5 Å². The highest BCUT2D eigenvalue weighted by molar-refractivity contribution is 6.36. The molecule has 0 spiro atoms. The summed E-state index contributed by atoms with van der Waals surface area (Å²) in [5, 5.41) is 18.8. The predicted octanol–water partition coefficient (Wildman–Crippen LogP) is 2.44. The highest BCUT2D eigenvalue weighted by atomic mass is 35.5. The van der Waals surface area contributed by atoms with E-state index in [1.54, 1.807) is 24.7 Å². The van der Waals surface area contributed by atoms with Crippen molar-refractivity contribution in [3.05, 3.63) is 46.9 Å². The van der Waals surface area contributed by atoms with Crippen molar-refractivity contribution >= 4 is 51.5 Å². The summed E-state index contributed by atoms with van der Waals surface area (Å²) >= 11 is 6.60. The number of amides is 2. The first-order valence-electron chi connectivity index (χ1n) is 11.4. The molecule has 0 saturated carbocycles. The first kappa shape index (κ1) is 22.9. The Morgan fingerprint density at radius 3 is 3.00 bits per heavy atom. The number of carbonyl (C=O) groups is 2. The lowest BCUT2D eigenvalue weighted by Gasteiger charge is -2.37. The van der Waals surface area contributed by atoms with Gasteiger partial charge in [-0.05, 0) is 31.9 Å². The number of carbonyl (C=O) groups excluding carboxylic acids is 2. The van der Waals surface area contributed by atoms with Gasteiger partial charge >= 0.3 is 0 Å². The number of anilines is 2. The van der Waals surface area contributed by atoms with Crippen LogP contribution in [0.15, 0.2) is 30.7 Å². The molecule has 35 heavy (non-hydrogen) atoms. The Morgan fingerprint density at radius 2 is 2.20 bits per heavy atom. The summed E-state index contributed by atoms with van der Waals surface area (Å²) in [6.07, 6.45) is 6.77. The van der Waals surface area contributed by atoms with E-state index < -0.39 is 6.04 Å². The standard InChI is InChI=1S/C23H26ClN9O2/c1-12(28-23(35)18-21(25)31-33-8-4-6-26-22(18)33)15-9-17(24)16-10-27-30-19(16)20(15)32-7-3-5-14(11-32)29-13(2)34/h4,6,8-10,12,14H,3,5,7,11H2,1-2H3,(H2,25,31)(H,27,30)(H,28,35)(H,29,34). The third-order valence-electron chi connectivity index (χ3n) is 6.30. The van der Waals surface area contributed by atoms with Crippen molar-refractivity contribution in [2.45, 2.75) is 38.8 Å². The molecule has 2 amide bonds. The third-order valence-corrected chi connectivity index (χ3v) is 6.61. The van der Waals surface area contributed by atoms with Crippen molar-refractivity contribution in [3.8, 4) is 0 Å². The van der Waals surface area contributed by atoms with Gasteiger partial charge in [-0.3, -0.25) is 14.7 Å². The molecule has 1 fully saturated rings. The fourth-order valence-corrected chi connectivity index (χ4v) is 5.06. The highest BCUT2D eigenvalue weighted by Crippen LogP contribution is 2.39. The molecule has 2 atom stereocenters. The second-order valence-corrected chi connectivity index (χ2v) is 9.19. The van der Waals surface area contributed by atoms with Crippen LogP contribution in [0.4, 0.5) is 11.5 Å². The van der Waals surface area contributed by atoms with E-state index in [9.17, 15) is 9.59 Å². The number of piperidine rings is 1. The first-order chi connectivity index (χ1) is 16.8. The molecular formula is C23H26ClN9O2. The molecule has 11 nitrogen and oxygen atoms in total. The minimum Gasteiger partial charge on any atom is -0.381 e. The van der Waals surface area contributed by atoms with Gasteiger partial charge in [0, 0.05) is 49.4 Å². The van der Waals surface area contributed by atoms with Crippen molar-refractivity contribution in [1.82, 2.24) is 35.4 Å². The van der Waals surface area contributed by atoms with Crippen LogP contribution in [0, 0.1) is 0 Å². The average Bonchev–Trinajstić information content (AvgIpc) is 3.43. The average molecular weight is 496 g/mol. The summed E-state index contributed by atoms with van der Waals surface area (Å²) < 4.78 is 1.48. The van der Waals surface area contributed by atoms with Gasteiger partial charge in [0.1, 0.15) is 5.56 Å². The minimum absolute atomic E-state index is 0.0253. The lowest BCUT2D eigenvalue weighted by atomic mass is 9.98. The van der Waals surface area contributed by atoms with Gasteiger partial charge in [-0.1, -0.05) is 11.6 Å². The molecule has 3 aromatic heterocycles. The molecule has 5 rings (SSSR count). The summed E-state index contributed by atoms with van der Waals surface area (Å²) in [5.41, 5.74) is 9.16. The smallest absolute Gasteiger partial charge is 0.259 e. The van der Waals surface area contributed by atoms with E-state index >= 15 is 0 Å². The number of aromatic amines is 1. The summed E-state index contributed by atoms with van der Waals surface area (Å²) in [6.45, 7) is 4.84. The van der Waals surface area contributed by atoms with Crippen molar-refractivity contribution in [1.29, 1.82) is 0 Å². The highest BCUT2D eigenvalue weighted by Gasteiger charge is 2.28. The van der Waals surface area contributed by atoms with E-state index in [2.05, 4.69) is 35.8 Å². The molecule has 0 radical (unpaired) electrons. The molecule has 182 valence electrons. The van der Waals surface area contributed by atoms with Gasteiger partial charge in [-0.2, -0.15) is 5.10 Å². The van der Waals surface area contributed by atoms with E-state index in [0.29, 0.717) is 17.2 Å². The van der Waals surface area contributed by atoms with E-state index in [-0.39, 0.29) is 29.2 Å². The Balaban J connectivity index is 1.51. The quantitative estimate of drug-likeness (QED) is 0.332. The Morgan fingerprint density at radius 1 is 1.37 bits per heavy atom. The molecule has 0 bridgehead atoms. The normalized spacial score (nSPS) is 17.0. The Bertz CT molecular complexity index is 1430. The lowest BCUT2D eigenvalue weighted by molar-refractivity contribution is -0.119. The number of nitrogens with zero attached hydrogens (tertiary/aromatic N) is 5. The van der Waals surface area contributed by atoms with Crippen LogP contribution in [-0.2, 0) is 4.79 Å². The second kappa shape index (κ2) is 9.06. The molecule has 0 aliphatic carbocycles. The zero-order valence-corrected chi connectivity index (χ0v) is 20.1. The topological polar surface area (TPSA) is 146 Å². The van der Waals surface area contributed by atoms with E-state index in [0.717, 1.165) is 41.5 Å². The molecule has 12 heteroatoms. The van der Waals surface area contributed by atoms with Crippen molar-refractivity contribution in [2.24, 2.45) is 0 Å². The molecule has 5 N–H and O–H groups in total. The number of aromatic nitrogens is 5. The number of nitrogens with one attached hydrogen (secondary N) is 3. The lowest BCUT2D eigenvalue weighted by Crippen LogP contribution is -2.47. The summed E-state index contributed by atoms with van der Waals surface area (Å²) in [4.78, 5) is 31.4. The van der Waals surface area contributed by atoms with Crippen LogP contribution in [0.2, 0.25) is 5.02 Å². The van der Waals surface area contributed by atoms with Gasteiger partial charge in [-0.15, -0.1) is 5.10 Å². The van der Waals surface area contributed by atoms with E-state index in [4.69, 9.17) is 17.3 Å². The van der Waals surface area contributed by atoms with Crippen LogP contribution >= 0.6 is 11.6 Å². The largest absolute Gasteiger partial charge is 0.381 e. The Hall–Kier alpha value is -3.86. The summed E-state index contributed by atoms with van der Waals surface area (Å²) in [7, 11) is 0. The third kappa shape index (κ3) is 4.23.